The predicted molar refractivity (Wildman–Crippen MR) is 94.8 cm³/mol. The topological polar surface area (TPSA) is 35.5 Å². The number of hydrogen-bond donors (Lipinski definition) is 0. The Morgan fingerprint density at radius 2 is 1.33 bits per heavy atom. The lowest BCUT2D eigenvalue weighted by Gasteiger charge is -2.13. The van der Waals surface area contributed by atoms with Gasteiger partial charge in [0.2, 0.25) is 0 Å². The first-order chi connectivity index (χ1) is 11.7. The number of para-hydroxylation sites is 2. The second-order valence-corrected chi connectivity index (χ2v) is 5.53. The highest BCUT2D eigenvalue weighted by Crippen LogP contribution is 2.36. The molecule has 0 aliphatic carbocycles. The standard InChI is InChI=1S/C20H15ClO3/c1-23-18-8-4-2-6-16(18)17-7-3-5-9-19(17)24-20(22)14-10-12-15(21)13-11-14/h2-13H,1H3. The Morgan fingerprint density at radius 1 is 0.792 bits per heavy atom. The Hall–Kier alpha value is -2.78. The molecule has 3 nitrogen and oxygen atoms in total. The van der Waals surface area contributed by atoms with Crippen LogP contribution in [-0.4, -0.2) is 13.1 Å². The molecule has 0 heterocycles. The van der Waals surface area contributed by atoms with Gasteiger partial charge in [0, 0.05) is 16.1 Å². The van der Waals surface area contributed by atoms with Crippen LogP contribution in [0.4, 0.5) is 0 Å². The molecule has 3 aromatic carbocycles. The second-order valence-electron chi connectivity index (χ2n) is 5.09. The number of methoxy groups -OCH3 is 1. The normalized spacial score (nSPS) is 10.2. The number of ether oxygens (including phenoxy) is 2. The van der Waals surface area contributed by atoms with E-state index >= 15 is 0 Å². The summed E-state index contributed by atoms with van der Waals surface area (Å²) in [5, 5.41) is 0.570. The Kier molecular flexibility index (Phi) is 4.82. The third-order valence-electron chi connectivity index (χ3n) is 3.57. The van der Waals surface area contributed by atoms with Crippen molar-refractivity contribution in [2.75, 3.05) is 7.11 Å². The van der Waals surface area contributed by atoms with Gasteiger partial charge in [0.1, 0.15) is 11.5 Å². The smallest absolute Gasteiger partial charge is 0.343 e. The zero-order valence-corrected chi connectivity index (χ0v) is 13.8. The summed E-state index contributed by atoms with van der Waals surface area (Å²) in [5.74, 6) is 0.753. The van der Waals surface area contributed by atoms with Crippen LogP contribution in [0.5, 0.6) is 11.5 Å². The van der Waals surface area contributed by atoms with Gasteiger partial charge < -0.3 is 9.47 Å². The minimum atomic E-state index is -0.436. The van der Waals surface area contributed by atoms with Crippen LogP contribution in [-0.2, 0) is 0 Å². The first-order valence-corrected chi connectivity index (χ1v) is 7.77. The van der Waals surface area contributed by atoms with Gasteiger partial charge in [0.05, 0.1) is 12.7 Å². The van der Waals surface area contributed by atoms with Gasteiger partial charge in [-0.3, -0.25) is 0 Å². The zero-order valence-electron chi connectivity index (χ0n) is 13.0. The molecule has 3 aromatic rings. The molecule has 0 aliphatic heterocycles. The molecule has 0 aromatic heterocycles. The van der Waals surface area contributed by atoms with Crippen LogP contribution in [0.2, 0.25) is 5.02 Å². The number of esters is 1. The molecule has 0 amide bonds. The maximum Gasteiger partial charge on any atom is 0.343 e. The van der Waals surface area contributed by atoms with Gasteiger partial charge in [-0.2, -0.15) is 0 Å². The first kappa shape index (κ1) is 16.1. The summed E-state index contributed by atoms with van der Waals surface area (Å²) < 4.78 is 11.0. The largest absolute Gasteiger partial charge is 0.496 e. The van der Waals surface area contributed by atoms with Gasteiger partial charge in [-0.25, -0.2) is 4.79 Å². The van der Waals surface area contributed by atoms with Crippen molar-refractivity contribution >= 4 is 17.6 Å². The summed E-state index contributed by atoms with van der Waals surface area (Å²) in [6.45, 7) is 0. The average Bonchev–Trinajstić information content (AvgIpc) is 2.62. The van der Waals surface area contributed by atoms with Crippen molar-refractivity contribution in [2.45, 2.75) is 0 Å². The van der Waals surface area contributed by atoms with Crippen LogP contribution in [0, 0.1) is 0 Å². The lowest BCUT2D eigenvalue weighted by Crippen LogP contribution is -2.09. The molecule has 24 heavy (non-hydrogen) atoms. The number of carbonyl (C=O) groups is 1. The summed E-state index contributed by atoms with van der Waals surface area (Å²) in [6.07, 6.45) is 0. The van der Waals surface area contributed by atoms with Crippen molar-refractivity contribution in [3.63, 3.8) is 0 Å². The summed E-state index contributed by atoms with van der Waals surface area (Å²) in [6, 6.07) is 21.5. The number of rotatable bonds is 4. The Morgan fingerprint density at radius 3 is 1.96 bits per heavy atom. The molecule has 0 fully saturated rings. The van der Waals surface area contributed by atoms with Crippen molar-refractivity contribution in [3.05, 3.63) is 83.4 Å². The van der Waals surface area contributed by atoms with Crippen LogP contribution in [0.1, 0.15) is 10.4 Å². The molecule has 0 bridgehead atoms. The van der Waals surface area contributed by atoms with Crippen molar-refractivity contribution < 1.29 is 14.3 Å². The molecular weight excluding hydrogens is 324 g/mol. The molecule has 0 spiro atoms. The monoisotopic (exact) mass is 338 g/mol. The quantitative estimate of drug-likeness (QED) is 0.482. The highest BCUT2D eigenvalue weighted by atomic mass is 35.5. The predicted octanol–water partition coefficient (Wildman–Crippen LogP) is 5.23. The second kappa shape index (κ2) is 7.20. The van der Waals surface area contributed by atoms with E-state index in [-0.39, 0.29) is 0 Å². The summed E-state index contributed by atoms with van der Waals surface area (Å²) >= 11 is 5.85. The van der Waals surface area contributed by atoms with E-state index in [9.17, 15) is 4.79 Å². The molecule has 0 radical (unpaired) electrons. The first-order valence-electron chi connectivity index (χ1n) is 7.39. The van der Waals surface area contributed by atoms with Gasteiger partial charge in [-0.05, 0) is 36.4 Å². The van der Waals surface area contributed by atoms with E-state index in [1.807, 2.05) is 42.5 Å². The summed E-state index contributed by atoms with van der Waals surface area (Å²) in [7, 11) is 1.61. The van der Waals surface area contributed by atoms with E-state index in [2.05, 4.69) is 0 Å². The fourth-order valence-electron chi connectivity index (χ4n) is 2.39. The molecule has 0 N–H and O–H groups in total. The molecule has 0 atom stereocenters. The third kappa shape index (κ3) is 3.42. The van der Waals surface area contributed by atoms with E-state index in [0.717, 1.165) is 11.1 Å². The van der Waals surface area contributed by atoms with Crippen LogP contribution in [0.3, 0.4) is 0 Å². The average molecular weight is 339 g/mol. The maximum absolute atomic E-state index is 12.4. The van der Waals surface area contributed by atoms with Crippen molar-refractivity contribution in [1.29, 1.82) is 0 Å². The van der Waals surface area contributed by atoms with Crippen molar-refractivity contribution in [2.24, 2.45) is 0 Å². The minimum Gasteiger partial charge on any atom is -0.496 e. The third-order valence-corrected chi connectivity index (χ3v) is 3.82. The van der Waals surface area contributed by atoms with Crippen molar-refractivity contribution in [3.8, 4) is 22.6 Å². The molecule has 120 valence electrons. The number of benzene rings is 3. The number of hydrogen-bond acceptors (Lipinski definition) is 3. The molecule has 0 aliphatic rings. The highest BCUT2D eigenvalue weighted by molar-refractivity contribution is 6.30. The lowest BCUT2D eigenvalue weighted by atomic mass is 10.0. The molecule has 0 unspecified atom stereocenters. The number of halogens is 1. The zero-order chi connectivity index (χ0) is 16.9. The Bertz CT molecular complexity index is 857. The minimum absolute atomic E-state index is 0.436. The Balaban J connectivity index is 1.95. The van der Waals surface area contributed by atoms with Gasteiger partial charge in [0.15, 0.2) is 0 Å². The van der Waals surface area contributed by atoms with Crippen LogP contribution in [0.25, 0.3) is 11.1 Å². The fourth-order valence-corrected chi connectivity index (χ4v) is 2.52. The van der Waals surface area contributed by atoms with Gasteiger partial charge >= 0.3 is 5.97 Å². The number of carbonyl (C=O) groups excluding carboxylic acids is 1. The van der Waals surface area contributed by atoms with Gasteiger partial charge in [-0.1, -0.05) is 48.0 Å². The SMILES string of the molecule is COc1ccccc1-c1ccccc1OC(=O)c1ccc(Cl)cc1. The van der Waals surface area contributed by atoms with Crippen LogP contribution >= 0.6 is 11.6 Å². The molecule has 0 saturated heterocycles. The lowest BCUT2D eigenvalue weighted by molar-refractivity contribution is 0.0735. The summed E-state index contributed by atoms with van der Waals surface area (Å²) in [4.78, 5) is 12.4. The van der Waals surface area contributed by atoms with Crippen molar-refractivity contribution in [1.82, 2.24) is 0 Å². The van der Waals surface area contributed by atoms with E-state index in [4.69, 9.17) is 21.1 Å². The van der Waals surface area contributed by atoms with Gasteiger partial charge in [-0.15, -0.1) is 0 Å². The Labute approximate surface area is 145 Å². The fraction of sp³-hybridized carbons (Fsp3) is 0.0500. The molecule has 0 saturated carbocycles. The van der Waals surface area contributed by atoms with Crippen LogP contribution < -0.4 is 9.47 Å². The molecule has 3 rings (SSSR count). The summed E-state index contributed by atoms with van der Waals surface area (Å²) in [5.41, 5.74) is 2.09. The van der Waals surface area contributed by atoms with Crippen LogP contribution in [0.15, 0.2) is 72.8 Å². The molecule has 4 heteroatoms. The van der Waals surface area contributed by atoms with Gasteiger partial charge in [0.25, 0.3) is 0 Å². The van der Waals surface area contributed by atoms with E-state index in [1.165, 1.54) is 0 Å². The van der Waals surface area contributed by atoms with E-state index < -0.39 is 5.97 Å². The molecular formula is C20H15ClO3. The highest BCUT2D eigenvalue weighted by Gasteiger charge is 2.14. The van der Waals surface area contributed by atoms with E-state index in [0.29, 0.717) is 22.1 Å². The van der Waals surface area contributed by atoms with E-state index in [1.54, 1.807) is 37.4 Å². The maximum atomic E-state index is 12.4.